The first-order valence-corrected chi connectivity index (χ1v) is 9.61. The first-order chi connectivity index (χ1) is 9.39. The van der Waals surface area contributed by atoms with Gasteiger partial charge >= 0.3 is 0 Å². The molecule has 0 aromatic rings. The number of sulfonamides is 1. The summed E-state index contributed by atoms with van der Waals surface area (Å²) in [7, 11) is -3.05. The topological polar surface area (TPSA) is 40.6 Å². The van der Waals surface area contributed by atoms with Gasteiger partial charge in [-0.25, -0.2) is 12.7 Å². The molecule has 1 spiro atoms. The van der Waals surface area contributed by atoms with Crippen molar-refractivity contribution in [2.24, 2.45) is 5.41 Å². The van der Waals surface area contributed by atoms with Crippen molar-refractivity contribution in [1.29, 1.82) is 0 Å². The van der Waals surface area contributed by atoms with E-state index in [0.717, 1.165) is 25.9 Å². The molecule has 5 heteroatoms. The van der Waals surface area contributed by atoms with Gasteiger partial charge in [-0.1, -0.05) is 6.92 Å². The number of hydrogen-bond donors (Lipinski definition) is 0. The van der Waals surface area contributed by atoms with Gasteiger partial charge in [0.1, 0.15) is 0 Å². The summed E-state index contributed by atoms with van der Waals surface area (Å²) in [6, 6.07) is 0. The molecule has 0 unspecified atom stereocenters. The van der Waals surface area contributed by atoms with Gasteiger partial charge in [-0.2, -0.15) is 0 Å². The highest BCUT2D eigenvalue weighted by atomic mass is 32.2. The van der Waals surface area contributed by atoms with Crippen molar-refractivity contribution in [3.8, 4) is 0 Å². The van der Waals surface area contributed by atoms with E-state index in [1.165, 1.54) is 38.9 Å². The third-order valence-electron chi connectivity index (χ3n) is 5.20. The van der Waals surface area contributed by atoms with Crippen LogP contribution in [-0.4, -0.2) is 55.6 Å². The smallest absolute Gasteiger partial charge is 0.216 e. The average molecular weight is 302 g/mol. The first-order valence-electron chi connectivity index (χ1n) is 8.11. The lowest BCUT2D eigenvalue weighted by atomic mass is 9.71. The molecule has 118 valence electrons. The van der Waals surface area contributed by atoms with Crippen LogP contribution in [0, 0.1) is 5.41 Å². The molecule has 0 atom stereocenters. The van der Waals surface area contributed by atoms with Crippen molar-refractivity contribution >= 4 is 10.0 Å². The summed E-state index contributed by atoms with van der Waals surface area (Å²) >= 11 is 0. The molecule has 0 aromatic heterocycles. The van der Waals surface area contributed by atoms with Crippen molar-refractivity contribution in [2.45, 2.75) is 58.1 Å². The summed E-state index contributed by atoms with van der Waals surface area (Å²) in [6.45, 7) is 10.9. The Balaban J connectivity index is 1.89. The summed E-state index contributed by atoms with van der Waals surface area (Å²) in [6.07, 6.45) is 5.84. The second-order valence-electron chi connectivity index (χ2n) is 6.83. The van der Waals surface area contributed by atoms with Gasteiger partial charge in [-0.15, -0.1) is 0 Å². The van der Waals surface area contributed by atoms with Crippen LogP contribution in [0.25, 0.3) is 0 Å². The highest BCUT2D eigenvalue weighted by molar-refractivity contribution is 7.89. The number of nitrogens with zero attached hydrogens (tertiary/aromatic N) is 2. The maximum atomic E-state index is 12.2. The van der Waals surface area contributed by atoms with Crippen LogP contribution in [-0.2, 0) is 10.0 Å². The maximum Gasteiger partial charge on any atom is 0.216 e. The monoisotopic (exact) mass is 302 g/mol. The zero-order chi connectivity index (χ0) is 14.8. The summed E-state index contributed by atoms with van der Waals surface area (Å²) in [4.78, 5) is 2.56. The second-order valence-corrected chi connectivity index (χ2v) is 9.32. The lowest BCUT2D eigenvalue weighted by Gasteiger charge is -2.46. The Kier molecular flexibility index (Phi) is 5.14. The predicted octanol–water partition coefficient (Wildman–Crippen LogP) is 2.31. The van der Waals surface area contributed by atoms with Crippen LogP contribution in [0.1, 0.15) is 52.9 Å². The predicted molar refractivity (Wildman–Crippen MR) is 83.3 cm³/mol. The Labute approximate surface area is 124 Å². The van der Waals surface area contributed by atoms with E-state index in [4.69, 9.17) is 0 Å². The Hall–Kier alpha value is -0.130. The van der Waals surface area contributed by atoms with Crippen LogP contribution in [0.4, 0.5) is 0 Å². The van der Waals surface area contributed by atoms with Crippen LogP contribution in [0.5, 0.6) is 0 Å². The number of piperidine rings is 2. The van der Waals surface area contributed by atoms with E-state index in [9.17, 15) is 8.42 Å². The molecule has 2 fully saturated rings. The molecule has 2 aliphatic heterocycles. The van der Waals surface area contributed by atoms with Crippen LogP contribution in [0.15, 0.2) is 0 Å². The molecular formula is C15H30N2O2S. The molecule has 4 nitrogen and oxygen atoms in total. The molecule has 2 aliphatic rings. The standard InChI is InChI=1S/C15H30N2O2S/c1-4-9-16-10-5-15(6-11-16)7-12-17(13-8-15)20(18,19)14(2)3/h14H,4-13H2,1-3H3. The largest absolute Gasteiger partial charge is 0.303 e. The molecular weight excluding hydrogens is 272 g/mol. The van der Waals surface area contributed by atoms with Crippen molar-refractivity contribution in [3.63, 3.8) is 0 Å². The fraction of sp³-hybridized carbons (Fsp3) is 1.00. The minimum atomic E-state index is -3.05. The van der Waals surface area contributed by atoms with Gasteiger partial charge < -0.3 is 4.90 Å². The van der Waals surface area contributed by atoms with Crippen LogP contribution in [0.2, 0.25) is 0 Å². The maximum absolute atomic E-state index is 12.2. The Bertz CT molecular complexity index is 402. The summed E-state index contributed by atoms with van der Waals surface area (Å²) in [5.41, 5.74) is 0.424. The molecule has 0 bridgehead atoms. The zero-order valence-electron chi connectivity index (χ0n) is 13.3. The molecule has 0 radical (unpaired) electrons. The highest BCUT2D eigenvalue weighted by Crippen LogP contribution is 2.41. The summed E-state index contributed by atoms with van der Waals surface area (Å²) in [5.74, 6) is 0. The van der Waals surface area contributed by atoms with Crippen LogP contribution in [0.3, 0.4) is 0 Å². The molecule has 0 amide bonds. The fourth-order valence-electron chi connectivity index (χ4n) is 3.58. The molecule has 0 aliphatic carbocycles. The minimum absolute atomic E-state index is 0.289. The van der Waals surface area contributed by atoms with E-state index in [2.05, 4.69) is 11.8 Å². The van der Waals surface area contributed by atoms with Crippen LogP contribution < -0.4 is 0 Å². The number of hydrogen-bond acceptors (Lipinski definition) is 3. The third-order valence-corrected chi connectivity index (χ3v) is 7.47. The summed E-state index contributed by atoms with van der Waals surface area (Å²) in [5, 5.41) is -0.289. The minimum Gasteiger partial charge on any atom is -0.303 e. The average Bonchev–Trinajstić information content (AvgIpc) is 2.42. The highest BCUT2D eigenvalue weighted by Gasteiger charge is 2.40. The molecule has 2 rings (SSSR count). The SMILES string of the molecule is CCCN1CCC2(CC1)CCN(S(=O)(=O)C(C)C)CC2. The van der Waals surface area contributed by atoms with Crippen molar-refractivity contribution in [1.82, 2.24) is 9.21 Å². The van der Waals surface area contributed by atoms with E-state index >= 15 is 0 Å². The Morgan fingerprint density at radius 2 is 1.50 bits per heavy atom. The van der Waals surface area contributed by atoms with E-state index < -0.39 is 10.0 Å². The molecule has 2 saturated heterocycles. The zero-order valence-corrected chi connectivity index (χ0v) is 14.1. The van der Waals surface area contributed by atoms with E-state index in [-0.39, 0.29) is 5.25 Å². The summed E-state index contributed by atoms with van der Waals surface area (Å²) < 4.78 is 26.1. The Morgan fingerprint density at radius 3 is 1.95 bits per heavy atom. The molecule has 0 saturated carbocycles. The van der Waals surface area contributed by atoms with Gasteiger partial charge in [0.15, 0.2) is 0 Å². The van der Waals surface area contributed by atoms with Crippen LogP contribution >= 0.6 is 0 Å². The fourth-order valence-corrected chi connectivity index (χ4v) is 4.87. The molecule has 0 N–H and O–H groups in total. The van der Waals surface area contributed by atoms with Crippen molar-refractivity contribution in [3.05, 3.63) is 0 Å². The first kappa shape index (κ1) is 16.2. The van der Waals surface area contributed by atoms with Gasteiger partial charge in [0.25, 0.3) is 0 Å². The van der Waals surface area contributed by atoms with Gasteiger partial charge in [0.05, 0.1) is 5.25 Å². The van der Waals surface area contributed by atoms with Gasteiger partial charge in [0.2, 0.25) is 10.0 Å². The van der Waals surface area contributed by atoms with E-state index in [1.807, 2.05) is 0 Å². The third kappa shape index (κ3) is 3.37. The van der Waals surface area contributed by atoms with E-state index in [1.54, 1.807) is 18.2 Å². The lowest BCUT2D eigenvalue weighted by Crippen LogP contribution is -2.49. The number of likely N-dealkylation sites (tertiary alicyclic amines) is 1. The van der Waals surface area contributed by atoms with Gasteiger partial charge in [-0.3, -0.25) is 0 Å². The quantitative estimate of drug-likeness (QED) is 0.800. The Morgan fingerprint density at radius 1 is 1.00 bits per heavy atom. The normalized spacial score (nSPS) is 25.4. The molecule has 2 heterocycles. The van der Waals surface area contributed by atoms with Crippen molar-refractivity contribution < 1.29 is 8.42 Å². The second kappa shape index (κ2) is 6.32. The van der Waals surface area contributed by atoms with Crippen molar-refractivity contribution in [2.75, 3.05) is 32.7 Å². The van der Waals surface area contributed by atoms with Gasteiger partial charge in [-0.05, 0) is 71.0 Å². The number of rotatable bonds is 4. The van der Waals surface area contributed by atoms with Gasteiger partial charge in [0, 0.05) is 13.1 Å². The lowest BCUT2D eigenvalue weighted by molar-refractivity contribution is 0.0561. The molecule has 0 aromatic carbocycles. The van der Waals surface area contributed by atoms with E-state index in [0.29, 0.717) is 5.41 Å². The molecule has 20 heavy (non-hydrogen) atoms.